The Labute approximate surface area is 93.2 Å². The molecular weight excluding hydrogens is 207 g/mol. The van der Waals surface area contributed by atoms with Gasteiger partial charge in [-0.2, -0.15) is 9.49 Å². The minimum absolute atomic E-state index is 0.466. The average molecular weight is 220 g/mol. The summed E-state index contributed by atoms with van der Waals surface area (Å²) in [5, 5.41) is 4.35. The SMILES string of the molecule is CCc1c(C)nn(-c2cc(F)ncn2)c1C. The van der Waals surface area contributed by atoms with Gasteiger partial charge in [-0.15, -0.1) is 0 Å². The highest BCUT2D eigenvalue weighted by Gasteiger charge is 2.12. The molecule has 16 heavy (non-hydrogen) atoms. The molecule has 2 rings (SSSR count). The standard InChI is InChI=1S/C11H13FN4/c1-4-9-7(2)15-16(8(9)3)11-5-10(12)13-6-14-11/h5-6H,4H2,1-3H3. The van der Waals surface area contributed by atoms with Gasteiger partial charge in [-0.3, -0.25) is 0 Å². The van der Waals surface area contributed by atoms with E-state index < -0.39 is 5.95 Å². The van der Waals surface area contributed by atoms with Gasteiger partial charge in [0.25, 0.3) is 0 Å². The quantitative estimate of drug-likeness (QED) is 0.727. The molecule has 0 saturated heterocycles. The highest BCUT2D eigenvalue weighted by atomic mass is 19.1. The molecule has 0 amide bonds. The number of aryl methyl sites for hydroxylation is 1. The molecule has 0 radical (unpaired) electrons. The molecule has 0 spiro atoms. The lowest BCUT2D eigenvalue weighted by atomic mass is 10.1. The van der Waals surface area contributed by atoms with Gasteiger partial charge in [0.15, 0.2) is 5.82 Å². The van der Waals surface area contributed by atoms with Crippen LogP contribution in [0.5, 0.6) is 0 Å². The molecule has 0 unspecified atom stereocenters. The van der Waals surface area contributed by atoms with Crippen LogP contribution in [0.2, 0.25) is 0 Å². The Hall–Kier alpha value is -1.78. The van der Waals surface area contributed by atoms with Crippen LogP contribution in [0.25, 0.3) is 5.82 Å². The Kier molecular flexibility index (Phi) is 2.68. The molecule has 5 heteroatoms. The van der Waals surface area contributed by atoms with Gasteiger partial charge in [-0.05, 0) is 25.8 Å². The molecule has 0 aliphatic rings. The zero-order valence-electron chi connectivity index (χ0n) is 9.53. The molecule has 0 aliphatic heterocycles. The summed E-state index contributed by atoms with van der Waals surface area (Å²) in [5.41, 5.74) is 3.14. The smallest absolute Gasteiger partial charge is 0.218 e. The lowest BCUT2D eigenvalue weighted by Gasteiger charge is -2.02. The van der Waals surface area contributed by atoms with Crippen molar-refractivity contribution in [3.05, 3.63) is 35.3 Å². The molecule has 0 aliphatic carbocycles. The van der Waals surface area contributed by atoms with Crippen LogP contribution in [0.15, 0.2) is 12.4 Å². The Morgan fingerprint density at radius 2 is 2.06 bits per heavy atom. The summed E-state index contributed by atoms with van der Waals surface area (Å²) in [6.45, 7) is 5.97. The lowest BCUT2D eigenvalue weighted by molar-refractivity contribution is 0.575. The fourth-order valence-corrected chi connectivity index (χ4v) is 1.85. The summed E-state index contributed by atoms with van der Waals surface area (Å²) in [4.78, 5) is 7.43. The van der Waals surface area contributed by atoms with Gasteiger partial charge in [-0.1, -0.05) is 6.92 Å². The van der Waals surface area contributed by atoms with Crippen LogP contribution in [0, 0.1) is 19.8 Å². The maximum absolute atomic E-state index is 13.0. The minimum Gasteiger partial charge on any atom is -0.219 e. The third kappa shape index (κ3) is 1.68. The number of hydrogen-bond donors (Lipinski definition) is 0. The first kappa shape index (κ1) is 10.7. The van der Waals surface area contributed by atoms with Crippen LogP contribution in [0.4, 0.5) is 4.39 Å². The van der Waals surface area contributed by atoms with Crippen LogP contribution in [-0.2, 0) is 6.42 Å². The van der Waals surface area contributed by atoms with Crippen molar-refractivity contribution in [3.8, 4) is 5.82 Å². The Bertz CT molecular complexity index is 519. The molecule has 0 aromatic carbocycles. The van der Waals surface area contributed by atoms with Crippen molar-refractivity contribution in [2.45, 2.75) is 27.2 Å². The minimum atomic E-state index is -0.546. The largest absolute Gasteiger partial charge is 0.219 e. The molecule has 0 saturated carbocycles. The van der Waals surface area contributed by atoms with Gasteiger partial charge < -0.3 is 0 Å². The first-order chi connectivity index (χ1) is 7.63. The van der Waals surface area contributed by atoms with Crippen molar-refractivity contribution in [2.75, 3.05) is 0 Å². The average Bonchev–Trinajstić information content (AvgIpc) is 2.54. The Balaban J connectivity index is 2.56. The van der Waals surface area contributed by atoms with E-state index in [2.05, 4.69) is 22.0 Å². The first-order valence-corrected chi connectivity index (χ1v) is 5.16. The third-order valence-electron chi connectivity index (χ3n) is 2.63. The molecule has 2 aromatic heterocycles. The summed E-state index contributed by atoms with van der Waals surface area (Å²) >= 11 is 0. The topological polar surface area (TPSA) is 43.6 Å². The zero-order valence-corrected chi connectivity index (χ0v) is 9.53. The van der Waals surface area contributed by atoms with Crippen LogP contribution < -0.4 is 0 Å². The van der Waals surface area contributed by atoms with E-state index in [1.807, 2.05) is 13.8 Å². The summed E-state index contributed by atoms with van der Waals surface area (Å²) in [5.74, 6) is -0.0802. The summed E-state index contributed by atoms with van der Waals surface area (Å²) in [6, 6.07) is 1.28. The van der Waals surface area contributed by atoms with Gasteiger partial charge in [0.2, 0.25) is 5.95 Å². The predicted molar refractivity (Wildman–Crippen MR) is 58.0 cm³/mol. The number of halogens is 1. The summed E-state index contributed by atoms with van der Waals surface area (Å²) < 4.78 is 14.6. The van der Waals surface area contributed by atoms with E-state index >= 15 is 0 Å². The molecule has 4 nitrogen and oxygen atoms in total. The van der Waals surface area contributed by atoms with Crippen molar-refractivity contribution in [1.82, 2.24) is 19.7 Å². The van der Waals surface area contributed by atoms with Crippen molar-refractivity contribution < 1.29 is 4.39 Å². The molecule has 2 aromatic rings. The van der Waals surface area contributed by atoms with E-state index in [0.717, 1.165) is 17.8 Å². The predicted octanol–water partition coefficient (Wildman–Crippen LogP) is 1.98. The fraction of sp³-hybridized carbons (Fsp3) is 0.364. The molecule has 0 bridgehead atoms. The molecule has 2 heterocycles. The van der Waals surface area contributed by atoms with Crippen LogP contribution >= 0.6 is 0 Å². The molecule has 84 valence electrons. The van der Waals surface area contributed by atoms with E-state index in [1.54, 1.807) is 4.68 Å². The normalized spacial score (nSPS) is 10.8. The molecular formula is C11H13FN4. The van der Waals surface area contributed by atoms with E-state index in [1.165, 1.54) is 18.0 Å². The summed E-state index contributed by atoms with van der Waals surface area (Å²) in [7, 11) is 0. The van der Waals surface area contributed by atoms with Crippen molar-refractivity contribution in [2.24, 2.45) is 0 Å². The van der Waals surface area contributed by atoms with Crippen LogP contribution in [-0.4, -0.2) is 19.7 Å². The number of hydrogen-bond acceptors (Lipinski definition) is 3. The fourth-order valence-electron chi connectivity index (χ4n) is 1.85. The molecule has 0 N–H and O–H groups in total. The monoisotopic (exact) mass is 220 g/mol. The second kappa shape index (κ2) is 4.00. The zero-order chi connectivity index (χ0) is 11.7. The Morgan fingerprint density at radius 3 is 2.62 bits per heavy atom. The van der Waals surface area contributed by atoms with Gasteiger partial charge >= 0.3 is 0 Å². The molecule has 0 fully saturated rings. The third-order valence-corrected chi connectivity index (χ3v) is 2.63. The van der Waals surface area contributed by atoms with Crippen molar-refractivity contribution >= 4 is 0 Å². The van der Waals surface area contributed by atoms with Crippen molar-refractivity contribution in [3.63, 3.8) is 0 Å². The molecule has 0 atom stereocenters. The van der Waals surface area contributed by atoms with E-state index in [4.69, 9.17) is 0 Å². The first-order valence-electron chi connectivity index (χ1n) is 5.16. The van der Waals surface area contributed by atoms with Crippen LogP contribution in [0.3, 0.4) is 0 Å². The number of aromatic nitrogens is 4. The summed E-state index contributed by atoms with van der Waals surface area (Å²) in [6.07, 6.45) is 2.11. The lowest BCUT2D eigenvalue weighted by Crippen LogP contribution is -2.03. The highest BCUT2D eigenvalue weighted by Crippen LogP contribution is 2.16. The second-order valence-corrected chi connectivity index (χ2v) is 3.61. The van der Waals surface area contributed by atoms with Gasteiger partial charge in [0.05, 0.1) is 5.69 Å². The number of rotatable bonds is 2. The Morgan fingerprint density at radius 1 is 1.31 bits per heavy atom. The maximum atomic E-state index is 13.0. The maximum Gasteiger partial charge on any atom is 0.218 e. The van der Waals surface area contributed by atoms with Gasteiger partial charge in [0, 0.05) is 11.8 Å². The van der Waals surface area contributed by atoms with E-state index in [9.17, 15) is 4.39 Å². The number of nitrogens with zero attached hydrogens (tertiary/aromatic N) is 4. The van der Waals surface area contributed by atoms with Crippen LogP contribution in [0.1, 0.15) is 23.9 Å². The van der Waals surface area contributed by atoms with Gasteiger partial charge in [0.1, 0.15) is 6.33 Å². The van der Waals surface area contributed by atoms with Gasteiger partial charge in [-0.25, -0.2) is 14.6 Å². The highest BCUT2D eigenvalue weighted by molar-refractivity contribution is 5.31. The second-order valence-electron chi connectivity index (χ2n) is 3.61. The van der Waals surface area contributed by atoms with Crippen molar-refractivity contribution in [1.29, 1.82) is 0 Å². The van der Waals surface area contributed by atoms with E-state index in [0.29, 0.717) is 5.82 Å². The van der Waals surface area contributed by atoms with E-state index in [-0.39, 0.29) is 0 Å².